The van der Waals surface area contributed by atoms with Gasteiger partial charge in [0.1, 0.15) is 6.33 Å². The fourth-order valence-electron chi connectivity index (χ4n) is 1.91. The third-order valence-corrected chi connectivity index (χ3v) is 3.10. The first-order valence-electron chi connectivity index (χ1n) is 6.24. The van der Waals surface area contributed by atoms with Crippen LogP contribution in [0.5, 0.6) is 0 Å². The Morgan fingerprint density at radius 2 is 2.32 bits per heavy atom. The first kappa shape index (κ1) is 13.4. The van der Waals surface area contributed by atoms with Crippen molar-refractivity contribution in [3.63, 3.8) is 0 Å². The van der Waals surface area contributed by atoms with Crippen LogP contribution in [0.2, 0.25) is 0 Å². The molecule has 19 heavy (non-hydrogen) atoms. The highest BCUT2D eigenvalue weighted by Crippen LogP contribution is 2.08. The van der Waals surface area contributed by atoms with E-state index in [9.17, 15) is 4.79 Å². The molecule has 0 radical (unpaired) electrons. The quantitative estimate of drug-likeness (QED) is 0.810. The van der Waals surface area contributed by atoms with E-state index < -0.39 is 0 Å². The molecule has 0 aliphatic heterocycles. The summed E-state index contributed by atoms with van der Waals surface area (Å²) in [6.07, 6.45) is 4.21. The maximum atomic E-state index is 12.2. The van der Waals surface area contributed by atoms with Crippen LogP contribution in [0.25, 0.3) is 5.78 Å². The molecule has 2 aromatic heterocycles. The van der Waals surface area contributed by atoms with Crippen LogP contribution >= 0.6 is 0 Å². The van der Waals surface area contributed by atoms with E-state index in [1.54, 1.807) is 6.92 Å². The Labute approximate surface area is 110 Å². The van der Waals surface area contributed by atoms with E-state index in [2.05, 4.69) is 20.4 Å². The van der Waals surface area contributed by atoms with Crippen LogP contribution in [0.1, 0.15) is 35.8 Å². The highest BCUT2D eigenvalue weighted by molar-refractivity contribution is 5.95. The summed E-state index contributed by atoms with van der Waals surface area (Å²) < 4.78 is 1.53. The summed E-state index contributed by atoms with van der Waals surface area (Å²) in [5.41, 5.74) is 1.16. The summed E-state index contributed by atoms with van der Waals surface area (Å²) in [5, 5.41) is 15.8. The summed E-state index contributed by atoms with van der Waals surface area (Å²) in [4.78, 5) is 20.2. The van der Waals surface area contributed by atoms with Gasteiger partial charge in [-0.05, 0) is 19.8 Å². The molecule has 0 aromatic carbocycles. The fraction of sp³-hybridized carbons (Fsp3) is 0.500. The predicted octanol–water partition coefficient (Wildman–Crippen LogP) is 0.324. The monoisotopic (exact) mass is 263 g/mol. The van der Waals surface area contributed by atoms with Gasteiger partial charge in [-0.15, -0.1) is 0 Å². The highest BCUT2D eigenvalue weighted by Gasteiger charge is 2.16. The third-order valence-electron chi connectivity index (χ3n) is 3.10. The number of aliphatic hydroxyl groups excluding tert-OH is 1. The Morgan fingerprint density at radius 1 is 1.53 bits per heavy atom. The van der Waals surface area contributed by atoms with Crippen molar-refractivity contribution in [1.29, 1.82) is 0 Å². The maximum absolute atomic E-state index is 12.2. The zero-order chi connectivity index (χ0) is 13.8. The van der Waals surface area contributed by atoms with E-state index in [-0.39, 0.29) is 18.6 Å². The molecule has 0 saturated heterocycles. The highest BCUT2D eigenvalue weighted by atomic mass is 16.3. The molecule has 0 fully saturated rings. The molecule has 0 spiro atoms. The number of amides is 1. The van der Waals surface area contributed by atoms with Crippen molar-refractivity contribution in [3.05, 3.63) is 23.8 Å². The number of carbonyl (C=O) groups excluding carboxylic acids is 1. The number of fused-ring (bicyclic) bond motifs is 1. The van der Waals surface area contributed by atoms with Gasteiger partial charge in [0.05, 0.1) is 11.3 Å². The maximum Gasteiger partial charge on any atom is 0.254 e. The van der Waals surface area contributed by atoms with E-state index >= 15 is 0 Å². The SMILES string of the molecule is CCC(CCO)NC(=O)c1cnc2ncnn2c1C. The molecule has 102 valence electrons. The average Bonchev–Trinajstić information content (AvgIpc) is 2.87. The standard InChI is InChI=1S/C12H17N5O2/c1-3-9(4-5-18)16-11(19)10-6-13-12-14-7-15-17(12)8(10)2/h6-7,9,18H,3-5H2,1-2H3,(H,16,19). The Morgan fingerprint density at radius 3 is 3.00 bits per heavy atom. The molecule has 7 heteroatoms. The molecule has 0 aliphatic rings. The third kappa shape index (κ3) is 2.70. The van der Waals surface area contributed by atoms with Crippen molar-refractivity contribution < 1.29 is 9.90 Å². The van der Waals surface area contributed by atoms with Crippen molar-refractivity contribution >= 4 is 11.7 Å². The molecular weight excluding hydrogens is 246 g/mol. The van der Waals surface area contributed by atoms with Gasteiger partial charge in [0.15, 0.2) is 0 Å². The minimum absolute atomic E-state index is 0.0386. The number of hydrogen-bond acceptors (Lipinski definition) is 5. The second kappa shape index (κ2) is 5.75. The number of aliphatic hydroxyl groups is 1. The summed E-state index contributed by atoms with van der Waals surface area (Å²) in [6.45, 7) is 3.82. The van der Waals surface area contributed by atoms with E-state index in [0.29, 0.717) is 23.5 Å². The first-order chi connectivity index (χ1) is 9.17. The van der Waals surface area contributed by atoms with Crippen molar-refractivity contribution in [3.8, 4) is 0 Å². The van der Waals surface area contributed by atoms with Crippen LogP contribution in [0.4, 0.5) is 0 Å². The van der Waals surface area contributed by atoms with Gasteiger partial charge in [-0.25, -0.2) is 9.50 Å². The van der Waals surface area contributed by atoms with Crippen LogP contribution in [0.3, 0.4) is 0 Å². The zero-order valence-electron chi connectivity index (χ0n) is 11.0. The first-order valence-corrected chi connectivity index (χ1v) is 6.24. The number of aryl methyl sites for hydroxylation is 1. The molecular formula is C12H17N5O2. The Kier molecular flexibility index (Phi) is 4.06. The van der Waals surface area contributed by atoms with Crippen molar-refractivity contribution in [1.82, 2.24) is 24.9 Å². The van der Waals surface area contributed by atoms with Gasteiger partial charge in [0.2, 0.25) is 0 Å². The van der Waals surface area contributed by atoms with Crippen molar-refractivity contribution in [2.45, 2.75) is 32.7 Å². The molecule has 7 nitrogen and oxygen atoms in total. The molecule has 1 atom stereocenters. The minimum atomic E-state index is -0.206. The average molecular weight is 263 g/mol. The summed E-state index contributed by atoms with van der Waals surface area (Å²) >= 11 is 0. The topological polar surface area (TPSA) is 92.4 Å². The van der Waals surface area contributed by atoms with Gasteiger partial charge in [-0.3, -0.25) is 4.79 Å². The molecule has 2 aromatic rings. The van der Waals surface area contributed by atoms with E-state index in [1.165, 1.54) is 17.0 Å². The molecule has 0 aliphatic carbocycles. The Hall–Kier alpha value is -2.02. The van der Waals surface area contributed by atoms with Crippen molar-refractivity contribution in [2.24, 2.45) is 0 Å². The lowest BCUT2D eigenvalue weighted by molar-refractivity contribution is 0.0927. The zero-order valence-corrected chi connectivity index (χ0v) is 11.0. The van der Waals surface area contributed by atoms with Gasteiger partial charge in [0.25, 0.3) is 11.7 Å². The van der Waals surface area contributed by atoms with Gasteiger partial charge in [-0.2, -0.15) is 10.1 Å². The normalized spacial score (nSPS) is 12.6. The minimum Gasteiger partial charge on any atom is -0.396 e. The second-order valence-corrected chi connectivity index (χ2v) is 4.32. The van der Waals surface area contributed by atoms with Gasteiger partial charge in [-0.1, -0.05) is 6.92 Å². The van der Waals surface area contributed by atoms with Gasteiger partial charge < -0.3 is 10.4 Å². The van der Waals surface area contributed by atoms with Crippen molar-refractivity contribution in [2.75, 3.05) is 6.61 Å². The summed E-state index contributed by atoms with van der Waals surface area (Å²) in [7, 11) is 0. The van der Waals surface area contributed by atoms with E-state index in [0.717, 1.165) is 6.42 Å². The number of aromatic nitrogens is 4. The van der Waals surface area contributed by atoms with Crippen LogP contribution in [0, 0.1) is 6.92 Å². The molecule has 0 saturated carbocycles. The fourth-order valence-corrected chi connectivity index (χ4v) is 1.91. The smallest absolute Gasteiger partial charge is 0.254 e. The largest absolute Gasteiger partial charge is 0.396 e. The lowest BCUT2D eigenvalue weighted by atomic mass is 10.1. The molecule has 2 rings (SSSR count). The molecule has 1 amide bonds. The Balaban J connectivity index is 2.23. The van der Waals surface area contributed by atoms with Crippen LogP contribution in [-0.4, -0.2) is 43.2 Å². The second-order valence-electron chi connectivity index (χ2n) is 4.32. The summed E-state index contributed by atoms with van der Waals surface area (Å²) in [5.74, 6) is 0.263. The van der Waals surface area contributed by atoms with E-state index in [1.807, 2.05) is 6.92 Å². The van der Waals surface area contributed by atoms with Crippen LogP contribution < -0.4 is 5.32 Å². The lowest BCUT2D eigenvalue weighted by Crippen LogP contribution is -2.35. The molecule has 2 heterocycles. The number of rotatable bonds is 5. The molecule has 1 unspecified atom stereocenters. The number of carbonyl (C=O) groups is 1. The number of nitrogens with one attached hydrogen (secondary N) is 1. The van der Waals surface area contributed by atoms with E-state index in [4.69, 9.17) is 5.11 Å². The lowest BCUT2D eigenvalue weighted by Gasteiger charge is -2.16. The number of nitrogens with zero attached hydrogens (tertiary/aromatic N) is 4. The van der Waals surface area contributed by atoms with Gasteiger partial charge in [0, 0.05) is 18.8 Å². The summed E-state index contributed by atoms with van der Waals surface area (Å²) in [6, 6.07) is -0.0386. The predicted molar refractivity (Wildman–Crippen MR) is 68.8 cm³/mol. The number of hydrogen-bond donors (Lipinski definition) is 2. The molecule has 0 bridgehead atoms. The van der Waals surface area contributed by atoms with Gasteiger partial charge >= 0.3 is 0 Å². The Bertz CT molecular complexity index is 581. The van der Waals surface area contributed by atoms with Crippen LogP contribution in [0.15, 0.2) is 12.5 Å². The molecule has 2 N–H and O–H groups in total. The van der Waals surface area contributed by atoms with Crippen LogP contribution in [-0.2, 0) is 0 Å².